The molecule has 1 aromatic carbocycles. The summed E-state index contributed by atoms with van der Waals surface area (Å²) >= 11 is 0. The van der Waals surface area contributed by atoms with E-state index < -0.39 is 0 Å². The molecule has 2 nitrogen and oxygen atoms in total. The molecule has 1 aromatic rings. The van der Waals surface area contributed by atoms with Gasteiger partial charge in [-0.25, -0.2) is 0 Å². The maximum absolute atomic E-state index is 12.4. The van der Waals surface area contributed by atoms with Crippen LogP contribution >= 0.6 is 0 Å². The van der Waals surface area contributed by atoms with Crippen molar-refractivity contribution in [3.63, 3.8) is 0 Å². The van der Waals surface area contributed by atoms with Crippen LogP contribution in [0.4, 0.5) is 0 Å². The molecular weight excluding hydrogens is 248 g/mol. The van der Waals surface area contributed by atoms with Crippen LogP contribution in [0.25, 0.3) is 0 Å². The van der Waals surface area contributed by atoms with Crippen molar-refractivity contribution < 1.29 is 9.53 Å². The number of ether oxygens (including phenoxy) is 1. The van der Waals surface area contributed by atoms with Gasteiger partial charge in [-0.3, -0.25) is 4.79 Å². The van der Waals surface area contributed by atoms with Gasteiger partial charge in [0, 0.05) is 11.5 Å². The van der Waals surface area contributed by atoms with Gasteiger partial charge in [-0.05, 0) is 63.1 Å². The smallest absolute Gasteiger partial charge is 0.166 e. The van der Waals surface area contributed by atoms with Gasteiger partial charge in [0.25, 0.3) is 0 Å². The summed E-state index contributed by atoms with van der Waals surface area (Å²) in [5, 5.41) is 0. The van der Waals surface area contributed by atoms with Gasteiger partial charge in [-0.2, -0.15) is 0 Å². The third-order valence-corrected chi connectivity index (χ3v) is 4.45. The molecular formula is C18H22O2. The lowest BCUT2D eigenvalue weighted by Crippen LogP contribution is -2.11. The van der Waals surface area contributed by atoms with E-state index in [0.29, 0.717) is 6.10 Å². The molecule has 0 radical (unpaired) electrons. The molecule has 0 aliphatic heterocycles. The zero-order valence-corrected chi connectivity index (χ0v) is 12.1. The Morgan fingerprint density at radius 2 is 2.10 bits per heavy atom. The Morgan fingerprint density at radius 1 is 1.30 bits per heavy atom. The molecule has 0 aromatic heterocycles. The van der Waals surface area contributed by atoms with Crippen molar-refractivity contribution in [2.75, 3.05) is 0 Å². The van der Waals surface area contributed by atoms with Crippen LogP contribution in [-0.2, 0) is 6.42 Å². The predicted molar refractivity (Wildman–Crippen MR) is 80.3 cm³/mol. The minimum atomic E-state index is 0.128. The van der Waals surface area contributed by atoms with Crippen molar-refractivity contribution in [3.8, 4) is 5.75 Å². The van der Waals surface area contributed by atoms with Gasteiger partial charge < -0.3 is 4.74 Å². The average molecular weight is 270 g/mol. The van der Waals surface area contributed by atoms with E-state index in [0.717, 1.165) is 37.0 Å². The van der Waals surface area contributed by atoms with Crippen LogP contribution in [-0.4, -0.2) is 11.9 Å². The van der Waals surface area contributed by atoms with E-state index in [2.05, 4.69) is 12.1 Å². The van der Waals surface area contributed by atoms with E-state index in [-0.39, 0.29) is 11.7 Å². The van der Waals surface area contributed by atoms with Crippen LogP contribution < -0.4 is 4.74 Å². The van der Waals surface area contributed by atoms with E-state index in [1.54, 1.807) is 0 Å². The SMILES string of the molecule is CC=CCC1Cc2ccc(OC3CCCC3)cc2C1=O. The summed E-state index contributed by atoms with van der Waals surface area (Å²) < 4.78 is 6.00. The lowest BCUT2D eigenvalue weighted by molar-refractivity contribution is 0.0937. The van der Waals surface area contributed by atoms with Crippen LogP contribution in [0.5, 0.6) is 5.75 Å². The third kappa shape index (κ3) is 2.65. The van der Waals surface area contributed by atoms with Crippen LogP contribution in [0.15, 0.2) is 30.4 Å². The Hall–Kier alpha value is -1.57. The van der Waals surface area contributed by atoms with Crippen molar-refractivity contribution in [3.05, 3.63) is 41.5 Å². The van der Waals surface area contributed by atoms with Crippen LogP contribution in [0, 0.1) is 5.92 Å². The van der Waals surface area contributed by atoms with Crippen molar-refractivity contribution in [1.29, 1.82) is 0 Å². The maximum Gasteiger partial charge on any atom is 0.166 e. The highest BCUT2D eigenvalue weighted by atomic mass is 16.5. The molecule has 1 saturated carbocycles. The number of fused-ring (bicyclic) bond motifs is 1. The quantitative estimate of drug-likeness (QED) is 0.761. The highest BCUT2D eigenvalue weighted by Gasteiger charge is 2.30. The van der Waals surface area contributed by atoms with Gasteiger partial charge in [0.15, 0.2) is 5.78 Å². The molecule has 1 atom stereocenters. The van der Waals surface area contributed by atoms with Gasteiger partial charge in [0.2, 0.25) is 0 Å². The summed E-state index contributed by atoms with van der Waals surface area (Å²) in [4.78, 5) is 12.4. The number of rotatable bonds is 4. The highest BCUT2D eigenvalue weighted by Crippen LogP contribution is 2.33. The lowest BCUT2D eigenvalue weighted by atomic mass is 10.0. The van der Waals surface area contributed by atoms with Crippen LogP contribution in [0.3, 0.4) is 0 Å². The van der Waals surface area contributed by atoms with E-state index in [1.165, 1.54) is 18.4 Å². The molecule has 0 spiro atoms. The van der Waals surface area contributed by atoms with Gasteiger partial charge >= 0.3 is 0 Å². The molecule has 0 N–H and O–H groups in total. The molecule has 2 aliphatic carbocycles. The number of ketones is 1. The van der Waals surface area contributed by atoms with E-state index in [1.807, 2.05) is 25.1 Å². The number of benzene rings is 1. The topological polar surface area (TPSA) is 26.3 Å². The first-order valence-corrected chi connectivity index (χ1v) is 7.73. The minimum Gasteiger partial charge on any atom is -0.490 e. The molecule has 0 amide bonds. The first-order valence-electron chi connectivity index (χ1n) is 7.73. The van der Waals surface area contributed by atoms with Gasteiger partial charge in [-0.15, -0.1) is 0 Å². The number of carbonyl (C=O) groups excluding carboxylic acids is 1. The zero-order valence-electron chi connectivity index (χ0n) is 12.1. The first kappa shape index (κ1) is 13.4. The number of allylic oxidation sites excluding steroid dienone is 2. The summed E-state index contributed by atoms with van der Waals surface area (Å²) in [7, 11) is 0. The van der Waals surface area contributed by atoms with Crippen molar-refractivity contribution in [2.45, 2.75) is 51.6 Å². The summed E-state index contributed by atoms with van der Waals surface area (Å²) in [6.07, 6.45) is 11.0. The average Bonchev–Trinajstić information content (AvgIpc) is 3.06. The van der Waals surface area contributed by atoms with Crippen molar-refractivity contribution in [2.24, 2.45) is 5.92 Å². The van der Waals surface area contributed by atoms with Gasteiger partial charge in [-0.1, -0.05) is 18.2 Å². The second kappa shape index (κ2) is 5.82. The Balaban J connectivity index is 1.74. The molecule has 1 fully saturated rings. The molecule has 0 bridgehead atoms. The second-order valence-corrected chi connectivity index (χ2v) is 5.91. The fourth-order valence-corrected chi connectivity index (χ4v) is 3.30. The molecule has 0 heterocycles. The number of hydrogen-bond acceptors (Lipinski definition) is 2. The molecule has 106 valence electrons. The predicted octanol–water partition coefficient (Wildman–Crippen LogP) is 4.33. The second-order valence-electron chi connectivity index (χ2n) is 5.91. The molecule has 20 heavy (non-hydrogen) atoms. The van der Waals surface area contributed by atoms with Crippen LogP contribution in [0.1, 0.15) is 54.9 Å². The van der Waals surface area contributed by atoms with Gasteiger partial charge in [0.1, 0.15) is 5.75 Å². The first-order chi connectivity index (χ1) is 9.78. The Morgan fingerprint density at radius 3 is 2.85 bits per heavy atom. The number of Topliss-reactive ketones (excluding diaryl/α,β-unsaturated/α-hetero) is 1. The molecule has 0 saturated heterocycles. The van der Waals surface area contributed by atoms with Crippen molar-refractivity contribution in [1.82, 2.24) is 0 Å². The van der Waals surface area contributed by atoms with E-state index >= 15 is 0 Å². The summed E-state index contributed by atoms with van der Waals surface area (Å²) in [5.41, 5.74) is 2.07. The number of carbonyl (C=O) groups is 1. The molecule has 1 unspecified atom stereocenters. The standard InChI is InChI=1S/C18H22O2/c1-2-3-6-14-11-13-9-10-16(12-17(13)18(14)19)20-15-7-4-5-8-15/h2-3,9-10,12,14-15H,4-8,11H2,1H3. The summed E-state index contributed by atoms with van der Waals surface area (Å²) in [5.74, 6) is 1.29. The maximum atomic E-state index is 12.4. The Kier molecular flexibility index (Phi) is 3.90. The van der Waals surface area contributed by atoms with Gasteiger partial charge in [0.05, 0.1) is 6.10 Å². The monoisotopic (exact) mass is 270 g/mol. The zero-order chi connectivity index (χ0) is 13.9. The Labute approximate surface area is 120 Å². The van der Waals surface area contributed by atoms with Crippen LogP contribution in [0.2, 0.25) is 0 Å². The fraction of sp³-hybridized carbons (Fsp3) is 0.500. The third-order valence-electron chi connectivity index (χ3n) is 4.45. The van der Waals surface area contributed by atoms with Crippen molar-refractivity contribution >= 4 is 5.78 Å². The molecule has 2 heteroatoms. The van der Waals surface area contributed by atoms with E-state index in [9.17, 15) is 4.79 Å². The lowest BCUT2D eigenvalue weighted by Gasteiger charge is -2.13. The number of hydrogen-bond donors (Lipinski definition) is 0. The fourth-order valence-electron chi connectivity index (χ4n) is 3.30. The highest BCUT2D eigenvalue weighted by molar-refractivity contribution is 6.02. The normalized spacial score (nSPS) is 22.6. The summed E-state index contributed by atoms with van der Waals surface area (Å²) in [6.45, 7) is 2.00. The summed E-state index contributed by atoms with van der Waals surface area (Å²) in [6, 6.07) is 6.07. The molecule has 2 aliphatic rings. The molecule has 3 rings (SSSR count). The largest absolute Gasteiger partial charge is 0.490 e. The Bertz CT molecular complexity index is 524. The van der Waals surface area contributed by atoms with E-state index in [4.69, 9.17) is 4.74 Å². The minimum absolute atomic E-state index is 0.128.